The summed E-state index contributed by atoms with van der Waals surface area (Å²) in [6.07, 6.45) is 34.1. The van der Waals surface area contributed by atoms with E-state index in [1.807, 2.05) is 0 Å². The van der Waals surface area contributed by atoms with E-state index in [1.165, 1.54) is 64.2 Å². The summed E-state index contributed by atoms with van der Waals surface area (Å²) >= 11 is 0. The van der Waals surface area contributed by atoms with E-state index in [2.05, 4.69) is 74.6 Å². The summed E-state index contributed by atoms with van der Waals surface area (Å²) in [6, 6.07) is 0. The lowest BCUT2D eigenvalue weighted by atomic mass is 9.85. The molecular weight excluding hydrogens is 828 g/mol. The standard InChI is InChI=1S/C49H85O13P/c1-3-5-7-9-11-13-15-17-19-21-23-25-27-29-31-33-35-37-42(50)59-39-41(40-60-63(57,58)62-49-47(55)45(53)44(52)46(54)48(49)56)61-43(51)38-36-34-32-30-28-26-24-22-20-18-16-14-12-10-8-6-4-2/h8,10,14,16-17,19-20,22,26,28,41,44-49,52-56H,3-7,9,11-13,15,18,21,23-25,27,29-40H2,1-2H3,(H,57,58)/b10-8+,16-14+,19-17+,22-20+,28-26+/t41-,44?,45-,46?,47?,48?,49?/m0/s1. The average molecular weight is 913 g/mol. The molecular formula is C49H85O13P. The number of carbonyl (C=O) groups excluding carboxylic acids is 2. The van der Waals surface area contributed by atoms with E-state index in [1.54, 1.807) is 0 Å². The van der Waals surface area contributed by atoms with Crippen molar-refractivity contribution in [3.63, 3.8) is 0 Å². The van der Waals surface area contributed by atoms with Crippen LogP contribution < -0.4 is 0 Å². The number of aliphatic hydroxyl groups is 5. The molecule has 0 radical (unpaired) electrons. The third-order valence-corrected chi connectivity index (χ3v) is 11.8. The van der Waals surface area contributed by atoms with E-state index in [-0.39, 0.29) is 12.8 Å². The Balaban J connectivity index is 2.47. The van der Waals surface area contributed by atoms with Gasteiger partial charge in [0, 0.05) is 12.8 Å². The molecule has 1 aliphatic carbocycles. The summed E-state index contributed by atoms with van der Waals surface area (Å²) in [4.78, 5) is 35.7. The maximum absolute atomic E-state index is 12.8. The molecule has 0 aromatic heterocycles. The Labute approximate surface area is 379 Å². The van der Waals surface area contributed by atoms with Gasteiger partial charge in [-0.1, -0.05) is 152 Å². The fourth-order valence-corrected chi connectivity index (χ4v) is 7.89. The van der Waals surface area contributed by atoms with Crippen molar-refractivity contribution in [2.75, 3.05) is 13.2 Å². The van der Waals surface area contributed by atoms with Crippen LogP contribution in [0, 0.1) is 0 Å². The van der Waals surface area contributed by atoms with Crippen LogP contribution in [0.4, 0.5) is 0 Å². The van der Waals surface area contributed by atoms with Gasteiger partial charge in [-0.3, -0.25) is 18.6 Å². The second-order valence-electron chi connectivity index (χ2n) is 16.6. The molecule has 1 rings (SSSR count). The zero-order valence-corrected chi connectivity index (χ0v) is 39.5. The molecule has 0 spiro atoms. The number of allylic oxidation sites excluding steroid dienone is 10. The molecule has 6 unspecified atom stereocenters. The van der Waals surface area contributed by atoms with Crippen LogP contribution in [0.1, 0.15) is 181 Å². The molecule has 0 heterocycles. The fourth-order valence-electron chi connectivity index (χ4n) is 6.92. The highest BCUT2D eigenvalue weighted by Crippen LogP contribution is 2.47. The second kappa shape index (κ2) is 38.8. The molecule has 364 valence electrons. The summed E-state index contributed by atoms with van der Waals surface area (Å²) in [5.41, 5.74) is 0. The molecule has 0 saturated heterocycles. The zero-order valence-electron chi connectivity index (χ0n) is 38.6. The van der Waals surface area contributed by atoms with Gasteiger partial charge in [0.25, 0.3) is 0 Å². The third kappa shape index (κ3) is 31.2. The second-order valence-corrected chi connectivity index (χ2v) is 18.0. The molecule has 6 N–H and O–H groups in total. The van der Waals surface area contributed by atoms with Crippen LogP contribution in [0.2, 0.25) is 0 Å². The van der Waals surface area contributed by atoms with Crippen molar-refractivity contribution in [1.29, 1.82) is 0 Å². The van der Waals surface area contributed by atoms with Gasteiger partial charge in [-0.25, -0.2) is 4.57 Å². The molecule has 8 atom stereocenters. The van der Waals surface area contributed by atoms with Crippen molar-refractivity contribution in [3.8, 4) is 0 Å². The monoisotopic (exact) mass is 913 g/mol. The lowest BCUT2D eigenvalue weighted by molar-refractivity contribution is -0.220. The minimum Gasteiger partial charge on any atom is -0.462 e. The first-order valence-corrected chi connectivity index (χ1v) is 25.6. The Morgan fingerprint density at radius 3 is 1.40 bits per heavy atom. The SMILES string of the molecule is CCC/C=C/C/C=C/C/C=C/C/C=C/CCCCCC(=O)O[C@@H](COC(=O)CCCCCCCCC/C=C/CCCCCCCC)COP(=O)(O)OC1C(O)C(O)C(O)[C@H](O)C1O. The number of hydrogen-bond donors (Lipinski definition) is 6. The number of phosphoric ester groups is 1. The molecule has 0 aromatic carbocycles. The van der Waals surface area contributed by atoms with Crippen LogP contribution in [0.25, 0.3) is 0 Å². The van der Waals surface area contributed by atoms with Gasteiger partial charge in [0.1, 0.15) is 43.2 Å². The Morgan fingerprint density at radius 2 is 0.889 bits per heavy atom. The number of hydrogen-bond acceptors (Lipinski definition) is 12. The number of rotatable bonds is 39. The Bertz CT molecular complexity index is 1330. The van der Waals surface area contributed by atoms with Gasteiger partial charge >= 0.3 is 19.8 Å². The van der Waals surface area contributed by atoms with Crippen molar-refractivity contribution in [3.05, 3.63) is 60.8 Å². The van der Waals surface area contributed by atoms with E-state index in [4.69, 9.17) is 18.5 Å². The summed E-state index contributed by atoms with van der Waals surface area (Å²) in [6.45, 7) is 3.20. The first kappa shape index (κ1) is 58.6. The molecule has 1 aliphatic rings. The van der Waals surface area contributed by atoms with Crippen LogP contribution in [0.3, 0.4) is 0 Å². The Hall–Kier alpha value is -2.45. The number of carbonyl (C=O) groups is 2. The molecule has 0 amide bonds. The van der Waals surface area contributed by atoms with Crippen LogP contribution in [-0.4, -0.2) is 98.3 Å². The summed E-state index contributed by atoms with van der Waals surface area (Å²) < 4.78 is 33.5. The van der Waals surface area contributed by atoms with E-state index in [0.717, 1.165) is 77.0 Å². The Kier molecular flexibility index (Phi) is 36.1. The van der Waals surface area contributed by atoms with Crippen LogP contribution in [0.15, 0.2) is 60.8 Å². The van der Waals surface area contributed by atoms with E-state index in [9.17, 15) is 44.6 Å². The number of ether oxygens (including phenoxy) is 2. The molecule has 0 aliphatic heterocycles. The first-order valence-electron chi connectivity index (χ1n) is 24.1. The molecule has 0 bridgehead atoms. The highest BCUT2D eigenvalue weighted by atomic mass is 31.2. The number of aliphatic hydroxyl groups excluding tert-OH is 5. The van der Waals surface area contributed by atoms with E-state index >= 15 is 0 Å². The van der Waals surface area contributed by atoms with Crippen molar-refractivity contribution in [2.45, 2.75) is 224 Å². The summed E-state index contributed by atoms with van der Waals surface area (Å²) in [5.74, 6) is -1.14. The first-order chi connectivity index (χ1) is 30.4. The third-order valence-electron chi connectivity index (χ3n) is 10.8. The number of esters is 2. The van der Waals surface area contributed by atoms with Crippen molar-refractivity contribution in [1.82, 2.24) is 0 Å². The maximum Gasteiger partial charge on any atom is 0.472 e. The molecule has 1 fully saturated rings. The fraction of sp³-hybridized carbons (Fsp3) is 0.755. The molecule has 13 nitrogen and oxygen atoms in total. The predicted molar refractivity (Wildman–Crippen MR) is 249 cm³/mol. The zero-order chi connectivity index (χ0) is 46.4. The molecule has 63 heavy (non-hydrogen) atoms. The van der Waals surface area contributed by atoms with E-state index < -0.39 is 75.7 Å². The highest BCUT2D eigenvalue weighted by Gasteiger charge is 2.51. The van der Waals surface area contributed by atoms with Crippen LogP contribution in [-0.2, 0) is 32.7 Å². The quantitative estimate of drug-likeness (QED) is 0.0147. The van der Waals surface area contributed by atoms with Crippen molar-refractivity contribution < 1.29 is 63.1 Å². The lowest BCUT2D eigenvalue weighted by Crippen LogP contribution is -2.64. The maximum atomic E-state index is 12.8. The van der Waals surface area contributed by atoms with Crippen LogP contribution in [0.5, 0.6) is 0 Å². The van der Waals surface area contributed by atoms with Gasteiger partial charge in [-0.15, -0.1) is 0 Å². The predicted octanol–water partition coefficient (Wildman–Crippen LogP) is 9.73. The Morgan fingerprint density at radius 1 is 0.492 bits per heavy atom. The summed E-state index contributed by atoms with van der Waals surface area (Å²) in [7, 11) is -5.13. The number of phosphoric acid groups is 1. The van der Waals surface area contributed by atoms with Gasteiger partial charge in [0.2, 0.25) is 0 Å². The van der Waals surface area contributed by atoms with Gasteiger partial charge in [-0.2, -0.15) is 0 Å². The molecule has 0 aromatic rings. The minimum absolute atomic E-state index is 0.0562. The molecule has 1 saturated carbocycles. The normalized spacial score (nSPS) is 22.2. The average Bonchev–Trinajstić information content (AvgIpc) is 3.26. The summed E-state index contributed by atoms with van der Waals surface area (Å²) in [5, 5.41) is 50.2. The van der Waals surface area contributed by atoms with Gasteiger partial charge in [0.05, 0.1) is 6.61 Å². The van der Waals surface area contributed by atoms with Crippen LogP contribution >= 0.6 is 7.82 Å². The van der Waals surface area contributed by atoms with Gasteiger partial charge in [0.15, 0.2) is 6.10 Å². The topological polar surface area (TPSA) is 210 Å². The largest absolute Gasteiger partial charge is 0.472 e. The molecule has 14 heteroatoms. The van der Waals surface area contributed by atoms with Gasteiger partial charge in [-0.05, 0) is 77.0 Å². The lowest BCUT2D eigenvalue weighted by Gasteiger charge is -2.41. The van der Waals surface area contributed by atoms with Gasteiger partial charge < -0.3 is 39.9 Å². The minimum atomic E-state index is -5.13. The number of unbranched alkanes of at least 4 members (excludes halogenated alkanes) is 17. The smallest absolute Gasteiger partial charge is 0.462 e. The van der Waals surface area contributed by atoms with Crippen molar-refractivity contribution in [2.24, 2.45) is 0 Å². The van der Waals surface area contributed by atoms with Crippen molar-refractivity contribution >= 4 is 19.8 Å². The van der Waals surface area contributed by atoms with E-state index in [0.29, 0.717) is 12.8 Å². The highest BCUT2D eigenvalue weighted by molar-refractivity contribution is 7.47.